The first-order valence-corrected chi connectivity index (χ1v) is 7.88. The van der Waals surface area contributed by atoms with E-state index in [1.54, 1.807) is 18.3 Å². The Hall–Kier alpha value is -3.14. The van der Waals surface area contributed by atoms with Crippen LogP contribution >= 0.6 is 0 Å². The fraction of sp³-hybridized carbons (Fsp3) is 0.100. The van der Waals surface area contributed by atoms with Crippen molar-refractivity contribution in [2.45, 2.75) is 13.3 Å². The number of phenols is 1. The molecular weight excluding hydrogens is 298 g/mol. The minimum absolute atomic E-state index is 0.247. The summed E-state index contributed by atoms with van der Waals surface area (Å²) in [6.45, 7) is 2.09. The highest BCUT2D eigenvalue weighted by molar-refractivity contribution is 5.74. The van der Waals surface area contributed by atoms with Crippen LogP contribution in [-0.4, -0.2) is 19.6 Å². The predicted octanol–water partition coefficient (Wildman–Crippen LogP) is 4.03. The third kappa shape index (κ3) is 2.63. The summed E-state index contributed by atoms with van der Waals surface area (Å²) < 4.78 is 2.05. The number of aromatic hydroxyl groups is 1. The second-order valence-electron chi connectivity index (χ2n) is 5.89. The van der Waals surface area contributed by atoms with Crippen LogP contribution in [0, 0.1) is 6.92 Å². The van der Waals surface area contributed by atoms with Crippen LogP contribution in [0.5, 0.6) is 5.75 Å². The number of pyridine rings is 1. The number of fused-ring (bicyclic) bond motifs is 1. The molecule has 4 aromatic rings. The van der Waals surface area contributed by atoms with Crippen LogP contribution in [0.3, 0.4) is 0 Å². The number of aryl methyl sites for hydroxylation is 1. The Kier molecular flexibility index (Phi) is 3.50. The number of phenolic OH excluding ortho intramolecular Hbond substituents is 1. The monoisotopic (exact) mass is 315 g/mol. The Morgan fingerprint density at radius 3 is 2.62 bits per heavy atom. The van der Waals surface area contributed by atoms with Crippen LogP contribution in [-0.2, 0) is 6.42 Å². The summed E-state index contributed by atoms with van der Waals surface area (Å²) in [5, 5.41) is 9.56. The van der Waals surface area contributed by atoms with E-state index in [2.05, 4.69) is 40.7 Å². The lowest BCUT2D eigenvalue weighted by atomic mass is 10.1. The first-order chi connectivity index (χ1) is 11.7. The molecule has 4 rings (SSSR count). The number of imidazole rings is 1. The number of hydrogen-bond donors (Lipinski definition) is 1. The van der Waals surface area contributed by atoms with Gasteiger partial charge in [-0.25, -0.2) is 9.97 Å². The molecule has 1 N–H and O–H groups in total. The Bertz CT molecular complexity index is 1000. The maximum atomic E-state index is 9.56. The standard InChI is InChI=1S/C20H17N3O/c1-14-4-2-5-15(12-14)13-19-22-18-6-3-11-21-20(18)23(19)16-7-9-17(24)10-8-16/h2-12,24H,13H2,1H3. The zero-order chi connectivity index (χ0) is 16.5. The van der Waals surface area contributed by atoms with Gasteiger partial charge in [-0.1, -0.05) is 29.8 Å². The number of hydrogen-bond acceptors (Lipinski definition) is 3. The van der Waals surface area contributed by atoms with E-state index in [0.717, 1.165) is 29.1 Å². The minimum Gasteiger partial charge on any atom is -0.508 e. The van der Waals surface area contributed by atoms with Crippen molar-refractivity contribution in [3.8, 4) is 11.4 Å². The number of benzene rings is 2. The molecule has 2 aromatic carbocycles. The summed E-state index contributed by atoms with van der Waals surface area (Å²) >= 11 is 0. The van der Waals surface area contributed by atoms with E-state index in [-0.39, 0.29) is 5.75 Å². The molecular formula is C20H17N3O. The first kappa shape index (κ1) is 14.5. The highest BCUT2D eigenvalue weighted by atomic mass is 16.3. The maximum absolute atomic E-state index is 9.56. The number of rotatable bonds is 3. The molecule has 0 fully saturated rings. The van der Waals surface area contributed by atoms with E-state index in [0.29, 0.717) is 0 Å². The van der Waals surface area contributed by atoms with Crippen molar-refractivity contribution in [1.82, 2.24) is 14.5 Å². The number of aromatic nitrogens is 3. The van der Waals surface area contributed by atoms with Crippen molar-refractivity contribution in [2.75, 3.05) is 0 Å². The molecule has 0 saturated carbocycles. The van der Waals surface area contributed by atoms with Crippen molar-refractivity contribution >= 4 is 11.2 Å². The van der Waals surface area contributed by atoms with E-state index in [1.807, 2.05) is 24.3 Å². The average Bonchev–Trinajstić information content (AvgIpc) is 2.93. The van der Waals surface area contributed by atoms with Gasteiger partial charge in [-0.15, -0.1) is 0 Å². The smallest absolute Gasteiger partial charge is 0.164 e. The van der Waals surface area contributed by atoms with Crippen molar-refractivity contribution in [1.29, 1.82) is 0 Å². The highest BCUT2D eigenvalue weighted by Gasteiger charge is 2.14. The predicted molar refractivity (Wildman–Crippen MR) is 94.5 cm³/mol. The Balaban J connectivity index is 1.88. The topological polar surface area (TPSA) is 50.9 Å². The minimum atomic E-state index is 0.247. The van der Waals surface area contributed by atoms with Crippen molar-refractivity contribution in [2.24, 2.45) is 0 Å². The Labute approximate surface area is 140 Å². The second kappa shape index (κ2) is 5.81. The molecule has 4 nitrogen and oxygen atoms in total. The molecule has 0 saturated heterocycles. The molecule has 2 aromatic heterocycles. The molecule has 0 bridgehead atoms. The zero-order valence-corrected chi connectivity index (χ0v) is 13.3. The third-order valence-electron chi connectivity index (χ3n) is 4.04. The molecule has 4 heteroatoms. The molecule has 0 aliphatic heterocycles. The van der Waals surface area contributed by atoms with E-state index >= 15 is 0 Å². The second-order valence-corrected chi connectivity index (χ2v) is 5.89. The van der Waals surface area contributed by atoms with Gasteiger partial charge < -0.3 is 5.11 Å². The fourth-order valence-corrected chi connectivity index (χ4v) is 2.96. The van der Waals surface area contributed by atoms with Crippen molar-refractivity contribution < 1.29 is 5.11 Å². The van der Waals surface area contributed by atoms with Crippen molar-refractivity contribution in [3.05, 3.63) is 83.8 Å². The normalized spacial score (nSPS) is 11.0. The van der Waals surface area contributed by atoms with Crippen LogP contribution in [0.1, 0.15) is 17.0 Å². The van der Waals surface area contributed by atoms with Crippen LogP contribution in [0.2, 0.25) is 0 Å². The molecule has 0 aliphatic rings. The van der Waals surface area contributed by atoms with Gasteiger partial charge in [0.1, 0.15) is 17.1 Å². The van der Waals surface area contributed by atoms with Crippen LogP contribution in [0.4, 0.5) is 0 Å². The Morgan fingerprint density at radius 2 is 1.83 bits per heavy atom. The highest BCUT2D eigenvalue weighted by Crippen LogP contribution is 2.23. The van der Waals surface area contributed by atoms with E-state index in [9.17, 15) is 5.11 Å². The molecule has 2 heterocycles. The van der Waals surface area contributed by atoms with Gasteiger partial charge in [0.15, 0.2) is 5.65 Å². The molecule has 0 amide bonds. The SMILES string of the molecule is Cc1cccc(Cc2nc3cccnc3n2-c2ccc(O)cc2)c1. The molecule has 0 aliphatic carbocycles. The Morgan fingerprint density at radius 1 is 1.00 bits per heavy atom. The van der Waals surface area contributed by atoms with Crippen LogP contribution in [0.25, 0.3) is 16.9 Å². The lowest BCUT2D eigenvalue weighted by Crippen LogP contribution is -2.03. The summed E-state index contributed by atoms with van der Waals surface area (Å²) in [5.41, 5.74) is 5.08. The van der Waals surface area contributed by atoms with Gasteiger partial charge in [0, 0.05) is 18.3 Å². The van der Waals surface area contributed by atoms with E-state index in [4.69, 9.17) is 4.98 Å². The van der Waals surface area contributed by atoms with Gasteiger partial charge >= 0.3 is 0 Å². The fourth-order valence-electron chi connectivity index (χ4n) is 2.96. The molecule has 0 atom stereocenters. The number of nitrogens with zero attached hydrogens (tertiary/aromatic N) is 3. The molecule has 0 unspecified atom stereocenters. The first-order valence-electron chi connectivity index (χ1n) is 7.88. The largest absolute Gasteiger partial charge is 0.508 e. The van der Waals surface area contributed by atoms with Gasteiger partial charge in [-0.3, -0.25) is 4.57 Å². The quantitative estimate of drug-likeness (QED) is 0.621. The molecule has 0 radical (unpaired) electrons. The summed E-state index contributed by atoms with van der Waals surface area (Å²) in [4.78, 5) is 9.27. The lowest BCUT2D eigenvalue weighted by molar-refractivity contribution is 0.475. The van der Waals surface area contributed by atoms with Gasteiger partial charge in [0.05, 0.1) is 0 Å². The maximum Gasteiger partial charge on any atom is 0.164 e. The van der Waals surface area contributed by atoms with Gasteiger partial charge in [-0.05, 0) is 48.9 Å². The molecule has 118 valence electrons. The molecule has 0 spiro atoms. The van der Waals surface area contributed by atoms with Crippen LogP contribution in [0.15, 0.2) is 66.9 Å². The summed E-state index contributed by atoms with van der Waals surface area (Å²) in [5.74, 6) is 1.18. The summed E-state index contributed by atoms with van der Waals surface area (Å²) in [6, 6.07) is 19.4. The molecule has 24 heavy (non-hydrogen) atoms. The van der Waals surface area contributed by atoms with Crippen molar-refractivity contribution in [3.63, 3.8) is 0 Å². The van der Waals surface area contributed by atoms with Crippen LogP contribution < -0.4 is 0 Å². The van der Waals surface area contributed by atoms with Gasteiger partial charge in [0.25, 0.3) is 0 Å². The summed E-state index contributed by atoms with van der Waals surface area (Å²) in [7, 11) is 0. The lowest BCUT2D eigenvalue weighted by Gasteiger charge is -2.09. The van der Waals surface area contributed by atoms with E-state index in [1.165, 1.54) is 11.1 Å². The summed E-state index contributed by atoms with van der Waals surface area (Å²) in [6.07, 6.45) is 2.50. The third-order valence-corrected chi connectivity index (χ3v) is 4.04. The van der Waals surface area contributed by atoms with Gasteiger partial charge in [0.2, 0.25) is 0 Å². The zero-order valence-electron chi connectivity index (χ0n) is 13.3. The average molecular weight is 315 g/mol. The van der Waals surface area contributed by atoms with Gasteiger partial charge in [-0.2, -0.15) is 0 Å². The van der Waals surface area contributed by atoms with E-state index < -0.39 is 0 Å².